The van der Waals surface area contributed by atoms with Crippen molar-refractivity contribution in [3.8, 4) is 0 Å². The lowest BCUT2D eigenvalue weighted by molar-refractivity contribution is 0.240. The SMILES string of the molecule is O=C(NCCN1CCN(c2ccccc2F)CC1)Nc1ccccc1. The van der Waals surface area contributed by atoms with E-state index in [2.05, 4.69) is 20.4 Å². The number of benzene rings is 2. The van der Waals surface area contributed by atoms with Gasteiger partial charge in [-0.05, 0) is 24.3 Å². The van der Waals surface area contributed by atoms with Gasteiger partial charge in [-0.1, -0.05) is 30.3 Å². The zero-order valence-corrected chi connectivity index (χ0v) is 14.1. The molecule has 0 aromatic heterocycles. The first-order valence-electron chi connectivity index (χ1n) is 8.54. The van der Waals surface area contributed by atoms with Gasteiger partial charge in [0.1, 0.15) is 5.82 Å². The van der Waals surface area contributed by atoms with Crippen LogP contribution in [-0.4, -0.2) is 50.2 Å². The largest absolute Gasteiger partial charge is 0.367 e. The molecule has 0 saturated carbocycles. The molecule has 1 saturated heterocycles. The molecule has 0 unspecified atom stereocenters. The van der Waals surface area contributed by atoms with Crippen molar-refractivity contribution < 1.29 is 9.18 Å². The molecule has 5 nitrogen and oxygen atoms in total. The van der Waals surface area contributed by atoms with Gasteiger partial charge in [-0.15, -0.1) is 0 Å². The molecule has 6 heteroatoms. The number of nitrogens with one attached hydrogen (secondary N) is 2. The molecule has 3 rings (SSSR count). The van der Waals surface area contributed by atoms with Crippen LogP contribution < -0.4 is 15.5 Å². The Kier molecular flexibility index (Phi) is 5.85. The molecular formula is C19H23FN4O. The minimum Gasteiger partial charge on any atom is -0.367 e. The van der Waals surface area contributed by atoms with Crippen molar-refractivity contribution >= 4 is 17.4 Å². The van der Waals surface area contributed by atoms with E-state index in [1.165, 1.54) is 6.07 Å². The average molecular weight is 342 g/mol. The fourth-order valence-corrected chi connectivity index (χ4v) is 2.94. The van der Waals surface area contributed by atoms with Gasteiger partial charge in [0.25, 0.3) is 0 Å². The zero-order valence-electron chi connectivity index (χ0n) is 14.1. The van der Waals surface area contributed by atoms with E-state index in [-0.39, 0.29) is 11.8 Å². The average Bonchev–Trinajstić information content (AvgIpc) is 2.64. The predicted octanol–water partition coefficient (Wildman–Crippen LogP) is 2.77. The van der Waals surface area contributed by atoms with Crippen LogP contribution in [0.5, 0.6) is 0 Å². The number of urea groups is 1. The summed E-state index contributed by atoms with van der Waals surface area (Å²) in [6.45, 7) is 4.66. The van der Waals surface area contributed by atoms with Gasteiger partial charge in [-0.25, -0.2) is 9.18 Å². The highest BCUT2D eigenvalue weighted by atomic mass is 19.1. The van der Waals surface area contributed by atoms with Crippen molar-refractivity contribution in [1.82, 2.24) is 10.2 Å². The summed E-state index contributed by atoms with van der Waals surface area (Å²) in [6.07, 6.45) is 0. The molecule has 2 amide bonds. The first kappa shape index (κ1) is 17.2. The molecule has 0 bridgehead atoms. The second-order valence-electron chi connectivity index (χ2n) is 6.03. The number of rotatable bonds is 5. The van der Waals surface area contributed by atoms with Crippen LogP contribution in [0.2, 0.25) is 0 Å². The van der Waals surface area contributed by atoms with Gasteiger partial charge in [-0.3, -0.25) is 4.90 Å². The second kappa shape index (κ2) is 8.48. The van der Waals surface area contributed by atoms with Gasteiger partial charge in [0.2, 0.25) is 0 Å². The lowest BCUT2D eigenvalue weighted by Crippen LogP contribution is -2.49. The van der Waals surface area contributed by atoms with E-state index in [4.69, 9.17) is 0 Å². The van der Waals surface area contributed by atoms with Crippen LogP contribution in [0.1, 0.15) is 0 Å². The molecule has 1 aliphatic rings. The van der Waals surface area contributed by atoms with Crippen LogP contribution in [0, 0.1) is 5.82 Å². The van der Waals surface area contributed by atoms with E-state index >= 15 is 0 Å². The van der Waals surface area contributed by atoms with Gasteiger partial charge in [0.05, 0.1) is 5.69 Å². The van der Waals surface area contributed by atoms with Crippen LogP contribution in [0.15, 0.2) is 54.6 Å². The third kappa shape index (κ3) is 4.93. The highest BCUT2D eigenvalue weighted by Gasteiger charge is 2.18. The first-order chi connectivity index (χ1) is 12.2. The lowest BCUT2D eigenvalue weighted by atomic mass is 10.2. The number of halogens is 1. The van der Waals surface area contributed by atoms with E-state index in [0.717, 1.165) is 38.4 Å². The molecule has 0 radical (unpaired) electrons. The van der Waals surface area contributed by atoms with Gasteiger partial charge >= 0.3 is 6.03 Å². The number of para-hydroxylation sites is 2. The minimum absolute atomic E-state index is 0.171. The van der Waals surface area contributed by atoms with E-state index in [1.807, 2.05) is 42.5 Å². The Morgan fingerprint density at radius 3 is 2.36 bits per heavy atom. The summed E-state index contributed by atoms with van der Waals surface area (Å²) in [4.78, 5) is 16.2. The molecule has 132 valence electrons. The molecular weight excluding hydrogens is 319 g/mol. The zero-order chi connectivity index (χ0) is 17.5. The van der Waals surface area contributed by atoms with Crippen molar-refractivity contribution in [2.24, 2.45) is 0 Å². The highest BCUT2D eigenvalue weighted by Crippen LogP contribution is 2.19. The Balaban J connectivity index is 1.37. The van der Waals surface area contributed by atoms with Gasteiger partial charge in [0, 0.05) is 45.0 Å². The van der Waals surface area contributed by atoms with Gasteiger partial charge in [0.15, 0.2) is 0 Å². The highest BCUT2D eigenvalue weighted by molar-refractivity contribution is 5.89. The maximum Gasteiger partial charge on any atom is 0.319 e. The first-order valence-corrected chi connectivity index (χ1v) is 8.54. The van der Waals surface area contributed by atoms with E-state index < -0.39 is 0 Å². The Bertz CT molecular complexity index is 687. The fourth-order valence-electron chi connectivity index (χ4n) is 2.94. The second-order valence-corrected chi connectivity index (χ2v) is 6.03. The van der Waals surface area contributed by atoms with Crippen molar-refractivity contribution in [1.29, 1.82) is 0 Å². The number of carbonyl (C=O) groups is 1. The molecule has 1 fully saturated rings. The summed E-state index contributed by atoms with van der Waals surface area (Å²) in [6, 6.07) is 16.1. The van der Waals surface area contributed by atoms with Gasteiger partial charge in [-0.2, -0.15) is 0 Å². The topological polar surface area (TPSA) is 47.6 Å². The molecule has 2 aromatic carbocycles. The van der Waals surface area contributed by atoms with Crippen molar-refractivity contribution in [3.05, 3.63) is 60.4 Å². The molecule has 0 spiro atoms. The molecule has 1 aliphatic heterocycles. The maximum absolute atomic E-state index is 13.8. The third-order valence-corrected chi connectivity index (χ3v) is 4.31. The molecule has 2 N–H and O–H groups in total. The Morgan fingerprint density at radius 2 is 1.64 bits per heavy atom. The fraction of sp³-hybridized carbons (Fsp3) is 0.316. The van der Waals surface area contributed by atoms with E-state index in [1.54, 1.807) is 6.07 Å². The molecule has 1 heterocycles. The molecule has 25 heavy (non-hydrogen) atoms. The smallest absolute Gasteiger partial charge is 0.319 e. The Morgan fingerprint density at radius 1 is 0.960 bits per heavy atom. The number of nitrogens with zero attached hydrogens (tertiary/aromatic N) is 2. The number of amides is 2. The van der Waals surface area contributed by atoms with E-state index in [9.17, 15) is 9.18 Å². The van der Waals surface area contributed by atoms with Crippen LogP contribution in [0.25, 0.3) is 0 Å². The number of anilines is 2. The van der Waals surface area contributed by atoms with Gasteiger partial charge < -0.3 is 15.5 Å². The molecule has 0 atom stereocenters. The van der Waals surface area contributed by atoms with Crippen molar-refractivity contribution in [2.75, 3.05) is 49.5 Å². The predicted molar refractivity (Wildman–Crippen MR) is 98.5 cm³/mol. The quantitative estimate of drug-likeness (QED) is 0.878. The standard InChI is InChI=1S/C19H23FN4O/c20-17-8-4-5-9-18(17)24-14-12-23(13-15-24)11-10-21-19(25)22-16-6-2-1-3-7-16/h1-9H,10-15H2,(H2,21,22,25). The molecule has 2 aromatic rings. The summed E-state index contributed by atoms with van der Waals surface area (Å²) in [5.41, 5.74) is 1.45. The van der Waals surface area contributed by atoms with Crippen LogP contribution in [-0.2, 0) is 0 Å². The number of piperazine rings is 1. The summed E-state index contributed by atoms with van der Waals surface area (Å²) in [7, 11) is 0. The van der Waals surface area contributed by atoms with Crippen molar-refractivity contribution in [2.45, 2.75) is 0 Å². The van der Waals surface area contributed by atoms with Crippen molar-refractivity contribution in [3.63, 3.8) is 0 Å². The monoisotopic (exact) mass is 342 g/mol. The van der Waals surface area contributed by atoms with Crippen LogP contribution in [0.4, 0.5) is 20.6 Å². The maximum atomic E-state index is 13.8. The number of hydrogen-bond donors (Lipinski definition) is 2. The summed E-state index contributed by atoms with van der Waals surface area (Å²) in [5, 5.41) is 5.66. The lowest BCUT2D eigenvalue weighted by Gasteiger charge is -2.36. The Hall–Kier alpha value is -2.60. The number of hydrogen-bond acceptors (Lipinski definition) is 3. The van der Waals surface area contributed by atoms with Crippen LogP contribution in [0.3, 0.4) is 0 Å². The minimum atomic E-state index is -0.198. The molecule has 0 aliphatic carbocycles. The summed E-state index contributed by atoms with van der Waals surface area (Å²) in [5.74, 6) is -0.171. The van der Waals surface area contributed by atoms with E-state index in [0.29, 0.717) is 12.2 Å². The normalized spacial score (nSPS) is 15.0. The summed E-state index contributed by atoms with van der Waals surface area (Å²) >= 11 is 0. The van der Waals surface area contributed by atoms with Crippen LogP contribution >= 0.6 is 0 Å². The Labute approximate surface area is 147 Å². The third-order valence-electron chi connectivity index (χ3n) is 4.31. The number of carbonyl (C=O) groups excluding carboxylic acids is 1. The summed E-state index contributed by atoms with van der Waals surface area (Å²) < 4.78 is 13.8.